The number of carboxylic acid groups (broad SMARTS) is 1. The molecule has 0 amide bonds. The van der Waals surface area contributed by atoms with Crippen LogP contribution in [0.25, 0.3) is 27.8 Å². The van der Waals surface area contributed by atoms with E-state index < -0.39 is 22.8 Å². The van der Waals surface area contributed by atoms with Gasteiger partial charge in [0.25, 0.3) is 0 Å². The largest absolute Gasteiger partial charge is 0.494 e. The number of hydrogen-bond acceptors (Lipinski definition) is 6. The smallest absolute Gasteiger partial charge is 0.335 e. The first kappa shape index (κ1) is 24.7. The number of fused-ring (bicyclic) bond motifs is 2. The first-order valence-electron chi connectivity index (χ1n) is 12.1. The Morgan fingerprint density at radius 3 is 2.73 bits per heavy atom. The summed E-state index contributed by atoms with van der Waals surface area (Å²) in [6, 6.07) is 8.88. The van der Waals surface area contributed by atoms with Crippen LogP contribution in [0, 0.1) is 17.1 Å². The third kappa shape index (κ3) is 4.00. The molecule has 1 aliphatic carbocycles. The van der Waals surface area contributed by atoms with Crippen molar-refractivity contribution < 1.29 is 24.1 Å². The molecule has 1 saturated carbocycles. The number of methoxy groups -OCH3 is 1. The van der Waals surface area contributed by atoms with Crippen molar-refractivity contribution >= 4 is 28.0 Å². The van der Waals surface area contributed by atoms with Gasteiger partial charge in [0.15, 0.2) is 22.8 Å². The molecule has 3 heterocycles. The maximum atomic E-state index is 14.4. The predicted molar refractivity (Wildman–Crippen MR) is 134 cm³/mol. The van der Waals surface area contributed by atoms with Crippen LogP contribution in [-0.2, 0) is 10.2 Å². The molecular formula is C27H28FN5O4. The van der Waals surface area contributed by atoms with Gasteiger partial charge in [-0.2, -0.15) is 10.4 Å². The van der Waals surface area contributed by atoms with Gasteiger partial charge in [-0.25, -0.2) is 14.2 Å². The number of carboxylic acids is 1. The topological polar surface area (TPSA) is 137 Å². The Kier molecular flexibility index (Phi) is 5.91. The number of pyridine rings is 1. The Bertz CT molecular complexity index is 1560. The minimum atomic E-state index is -1.76. The van der Waals surface area contributed by atoms with Gasteiger partial charge in [-0.05, 0) is 49.8 Å². The molecule has 0 spiro atoms. The van der Waals surface area contributed by atoms with Crippen LogP contribution in [-0.4, -0.2) is 48.6 Å². The average molecular weight is 506 g/mol. The zero-order valence-electron chi connectivity index (χ0n) is 20.9. The first-order chi connectivity index (χ1) is 17.6. The average Bonchev–Trinajstić information content (AvgIpc) is 3.45. The Labute approximate surface area is 212 Å². The second kappa shape index (κ2) is 8.85. The normalized spacial score (nSPS) is 20.3. The van der Waals surface area contributed by atoms with E-state index in [1.807, 2.05) is 24.5 Å². The molecule has 1 aromatic carbocycles. The number of nitrogens with one attached hydrogen (secondary N) is 1. The molecule has 0 saturated heterocycles. The number of ether oxygens (including phenoxy) is 1. The summed E-state index contributed by atoms with van der Waals surface area (Å²) in [5, 5.41) is 37.7. The number of carbonyl (C=O) groups is 1. The fraction of sp³-hybridized carbons (Fsp3) is 0.407. The van der Waals surface area contributed by atoms with Crippen molar-refractivity contribution in [3.8, 4) is 17.5 Å². The van der Waals surface area contributed by atoms with Crippen LogP contribution in [0.5, 0.6) is 5.75 Å². The lowest BCUT2D eigenvalue weighted by Crippen LogP contribution is -2.41. The number of H-pyrrole nitrogens is 1. The Morgan fingerprint density at radius 1 is 1.35 bits per heavy atom. The summed E-state index contributed by atoms with van der Waals surface area (Å²) in [5.41, 5.74) is 2.07. The summed E-state index contributed by atoms with van der Waals surface area (Å²) >= 11 is 0. The number of nitrogens with zero attached hydrogens (tertiary/aromatic N) is 4. The lowest BCUT2D eigenvalue weighted by Gasteiger charge is -2.35. The molecule has 0 unspecified atom stereocenters. The highest BCUT2D eigenvalue weighted by atomic mass is 19.1. The first-order valence-corrected chi connectivity index (χ1v) is 12.1. The van der Waals surface area contributed by atoms with Crippen LogP contribution in [0.4, 0.5) is 4.39 Å². The van der Waals surface area contributed by atoms with E-state index in [1.165, 1.54) is 13.2 Å². The van der Waals surface area contributed by atoms with Gasteiger partial charge >= 0.3 is 5.97 Å². The fourth-order valence-electron chi connectivity index (χ4n) is 5.58. The van der Waals surface area contributed by atoms with Crippen LogP contribution < -0.4 is 4.74 Å². The maximum absolute atomic E-state index is 14.4. The van der Waals surface area contributed by atoms with E-state index in [4.69, 9.17) is 9.72 Å². The van der Waals surface area contributed by atoms with E-state index in [9.17, 15) is 24.7 Å². The van der Waals surface area contributed by atoms with Crippen molar-refractivity contribution in [3.05, 3.63) is 47.5 Å². The second-order valence-electron chi connectivity index (χ2n) is 10.4. The summed E-state index contributed by atoms with van der Waals surface area (Å²) < 4.78 is 21.6. The van der Waals surface area contributed by atoms with Crippen molar-refractivity contribution in [2.75, 3.05) is 7.11 Å². The van der Waals surface area contributed by atoms with Crippen LogP contribution in [0.3, 0.4) is 0 Å². The summed E-state index contributed by atoms with van der Waals surface area (Å²) in [5.74, 6) is -1.72. The lowest BCUT2D eigenvalue weighted by atomic mass is 9.73. The monoisotopic (exact) mass is 505 g/mol. The molecule has 37 heavy (non-hydrogen) atoms. The van der Waals surface area contributed by atoms with Crippen molar-refractivity contribution in [3.63, 3.8) is 0 Å². The molecule has 5 rings (SSSR count). The fourth-order valence-corrected chi connectivity index (χ4v) is 5.58. The van der Waals surface area contributed by atoms with Gasteiger partial charge in [-0.1, -0.05) is 13.8 Å². The minimum absolute atomic E-state index is 0.0893. The molecule has 0 bridgehead atoms. The van der Waals surface area contributed by atoms with Crippen LogP contribution in [0.15, 0.2) is 30.5 Å². The molecule has 0 atom stereocenters. The standard InChI is InChI=1S/C27H28FN5O4/c1-26(2,10-11-29)23-21(15-6-8-27(36,9-7-15)25(34)35)22-19(12-16-14-30-32-24(16)31-22)33(23)17-4-5-18(28)20(13-17)37-3/h4-5,12-15,36H,6-10H2,1-3H3,(H,34,35)(H,30,31,32). The zero-order chi connectivity index (χ0) is 26.5. The van der Waals surface area contributed by atoms with E-state index in [0.717, 1.165) is 22.2 Å². The number of benzene rings is 1. The Morgan fingerprint density at radius 2 is 2.08 bits per heavy atom. The molecule has 1 fully saturated rings. The number of nitriles is 1. The molecule has 1 aliphatic rings. The zero-order valence-corrected chi connectivity index (χ0v) is 20.9. The Balaban J connectivity index is 1.83. The number of aliphatic hydroxyl groups is 1. The molecule has 0 aliphatic heterocycles. The van der Waals surface area contributed by atoms with E-state index in [2.05, 4.69) is 16.3 Å². The molecule has 192 valence electrons. The predicted octanol–water partition coefficient (Wildman–Crippen LogP) is 4.71. The van der Waals surface area contributed by atoms with E-state index in [0.29, 0.717) is 29.7 Å². The van der Waals surface area contributed by atoms with Crippen LogP contribution >= 0.6 is 0 Å². The van der Waals surface area contributed by atoms with Gasteiger partial charge in [0, 0.05) is 40.2 Å². The number of aliphatic carboxylic acids is 1. The molecule has 3 aromatic heterocycles. The number of hydrogen-bond donors (Lipinski definition) is 3. The minimum Gasteiger partial charge on any atom is -0.494 e. The van der Waals surface area contributed by atoms with Gasteiger partial charge in [0.05, 0.1) is 30.4 Å². The highest BCUT2D eigenvalue weighted by Crippen LogP contribution is 2.47. The van der Waals surface area contributed by atoms with E-state index in [1.54, 1.807) is 18.3 Å². The number of aromatic amines is 1. The highest BCUT2D eigenvalue weighted by Gasteiger charge is 2.43. The maximum Gasteiger partial charge on any atom is 0.335 e. The quantitative estimate of drug-likeness (QED) is 0.345. The van der Waals surface area contributed by atoms with Crippen molar-refractivity contribution in [2.45, 2.75) is 62.9 Å². The molecular weight excluding hydrogens is 477 g/mol. The van der Waals surface area contributed by atoms with Crippen molar-refractivity contribution in [1.29, 1.82) is 5.26 Å². The van der Waals surface area contributed by atoms with E-state index >= 15 is 0 Å². The van der Waals surface area contributed by atoms with Crippen LogP contribution in [0.1, 0.15) is 63.1 Å². The molecule has 3 N–H and O–H groups in total. The molecule has 0 radical (unpaired) electrons. The molecule has 10 heteroatoms. The van der Waals surface area contributed by atoms with E-state index in [-0.39, 0.29) is 30.9 Å². The summed E-state index contributed by atoms with van der Waals surface area (Å²) in [7, 11) is 1.41. The third-order valence-corrected chi connectivity index (χ3v) is 7.55. The van der Waals surface area contributed by atoms with Gasteiger partial charge in [0.2, 0.25) is 0 Å². The Hall–Kier alpha value is -3.97. The lowest BCUT2D eigenvalue weighted by molar-refractivity contribution is -0.162. The van der Waals surface area contributed by atoms with Crippen molar-refractivity contribution in [2.24, 2.45) is 0 Å². The van der Waals surface area contributed by atoms with Crippen molar-refractivity contribution in [1.82, 2.24) is 19.7 Å². The molecule has 9 nitrogen and oxygen atoms in total. The third-order valence-electron chi connectivity index (χ3n) is 7.55. The van der Waals surface area contributed by atoms with Gasteiger partial charge in [-0.3, -0.25) is 5.10 Å². The van der Waals surface area contributed by atoms with Gasteiger partial charge < -0.3 is 19.5 Å². The molecule has 4 aromatic rings. The summed E-state index contributed by atoms with van der Waals surface area (Å²) in [6.45, 7) is 3.96. The van der Waals surface area contributed by atoms with Crippen LogP contribution in [0.2, 0.25) is 0 Å². The number of aromatic nitrogens is 4. The van der Waals surface area contributed by atoms with Gasteiger partial charge in [0.1, 0.15) is 0 Å². The van der Waals surface area contributed by atoms with Gasteiger partial charge in [-0.15, -0.1) is 0 Å². The summed E-state index contributed by atoms with van der Waals surface area (Å²) in [4.78, 5) is 16.6. The summed E-state index contributed by atoms with van der Waals surface area (Å²) in [6.07, 6.45) is 2.97. The second-order valence-corrected chi connectivity index (χ2v) is 10.4. The SMILES string of the molecule is COc1cc(-n2c(C(C)(C)CC#N)c(C3CCC(O)(C(=O)O)CC3)c3nc4[nH]ncc4cc32)ccc1F. The number of halogens is 1. The highest BCUT2D eigenvalue weighted by molar-refractivity contribution is 5.94. The number of rotatable bonds is 6.